The van der Waals surface area contributed by atoms with Crippen LogP contribution in [0.3, 0.4) is 0 Å². The molecule has 2 aromatic rings. The van der Waals surface area contributed by atoms with Crippen molar-refractivity contribution >= 4 is 5.69 Å². The molecule has 106 valence electrons. The van der Waals surface area contributed by atoms with Crippen LogP contribution in [0.4, 0.5) is 5.69 Å². The zero-order valence-electron chi connectivity index (χ0n) is 11.6. The average molecular weight is 283 g/mol. The van der Waals surface area contributed by atoms with Gasteiger partial charge in [0.1, 0.15) is 17.1 Å². The molecule has 0 spiro atoms. The van der Waals surface area contributed by atoms with Gasteiger partial charge in [-0.3, -0.25) is 10.1 Å². The summed E-state index contributed by atoms with van der Waals surface area (Å²) in [5.41, 5.74) is 1.02. The molecule has 0 aliphatic rings. The molecule has 0 N–H and O–H groups in total. The van der Waals surface area contributed by atoms with Gasteiger partial charge in [-0.15, -0.1) is 0 Å². The molecule has 5 heteroatoms. The average Bonchev–Trinajstić information content (AvgIpc) is 2.53. The van der Waals surface area contributed by atoms with Gasteiger partial charge in [-0.2, -0.15) is 0 Å². The van der Waals surface area contributed by atoms with Crippen molar-refractivity contribution in [1.82, 2.24) is 0 Å². The Kier molecular flexibility index (Phi) is 4.42. The van der Waals surface area contributed by atoms with Crippen LogP contribution in [0.2, 0.25) is 0 Å². The lowest BCUT2D eigenvalue weighted by Gasteiger charge is -2.00. The fourth-order valence-electron chi connectivity index (χ4n) is 1.71. The summed E-state index contributed by atoms with van der Waals surface area (Å²) in [4.78, 5) is 10.6. The van der Waals surface area contributed by atoms with E-state index in [1.165, 1.54) is 13.2 Å². The van der Waals surface area contributed by atoms with E-state index in [9.17, 15) is 10.1 Å². The molecular formula is C16H13NO4. The molecule has 5 nitrogen and oxygen atoms in total. The maximum atomic E-state index is 11.1. The molecule has 0 aromatic heterocycles. The molecule has 2 aromatic carbocycles. The fourth-order valence-corrected chi connectivity index (χ4v) is 1.71. The van der Waals surface area contributed by atoms with Crippen molar-refractivity contribution in [3.63, 3.8) is 0 Å². The SMILES string of the molecule is COc1ccc(C#Cc2ccc(OC)cc2[N+](=O)[O-])cc1. The lowest BCUT2D eigenvalue weighted by molar-refractivity contribution is -0.385. The van der Waals surface area contributed by atoms with Crippen molar-refractivity contribution < 1.29 is 14.4 Å². The number of nitro benzene ring substituents is 1. The monoisotopic (exact) mass is 283 g/mol. The van der Waals surface area contributed by atoms with Crippen molar-refractivity contribution in [3.05, 3.63) is 63.7 Å². The van der Waals surface area contributed by atoms with Crippen molar-refractivity contribution in [3.8, 4) is 23.3 Å². The number of hydrogen-bond acceptors (Lipinski definition) is 4. The van der Waals surface area contributed by atoms with Crippen molar-refractivity contribution in [1.29, 1.82) is 0 Å². The molecule has 0 heterocycles. The highest BCUT2D eigenvalue weighted by molar-refractivity contribution is 5.56. The number of rotatable bonds is 3. The number of nitrogens with zero attached hydrogens (tertiary/aromatic N) is 1. The Labute approximate surface area is 122 Å². The largest absolute Gasteiger partial charge is 0.497 e. The lowest BCUT2D eigenvalue weighted by atomic mass is 10.1. The Morgan fingerprint density at radius 2 is 1.57 bits per heavy atom. The molecule has 0 aliphatic heterocycles. The smallest absolute Gasteiger partial charge is 0.288 e. The highest BCUT2D eigenvalue weighted by Gasteiger charge is 2.13. The Morgan fingerprint density at radius 3 is 2.14 bits per heavy atom. The second-order valence-electron chi connectivity index (χ2n) is 4.12. The maximum Gasteiger partial charge on any atom is 0.288 e. The predicted molar refractivity (Wildman–Crippen MR) is 78.6 cm³/mol. The third kappa shape index (κ3) is 3.51. The summed E-state index contributed by atoms with van der Waals surface area (Å²) < 4.78 is 10.0. The Hall–Kier alpha value is -3.00. The third-order valence-corrected chi connectivity index (χ3v) is 2.83. The van der Waals surface area contributed by atoms with Crippen LogP contribution < -0.4 is 9.47 Å². The molecule has 0 saturated heterocycles. The first-order chi connectivity index (χ1) is 10.1. The van der Waals surface area contributed by atoms with Crippen LogP contribution in [0, 0.1) is 22.0 Å². The molecule has 0 atom stereocenters. The standard InChI is InChI=1S/C16H13NO4/c1-20-14-8-4-12(5-9-14)3-6-13-7-10-15(21-2)11-16(13)17(18)19/h4-5,7-11H,1-2H3. The number of benzene rings is 2. The van der Waals surface area contributed by atoms with Crippen LogP contribution >= 0.6 is 0 Å². The first-order valence-electron chi connectivity index (χ1n) is 6.12. The van der Waals surface area contributed by atoms with Crippen LogP contribution in [0.15, 0.2) is 42.5 Å². The van der Waals surface area contributed by atoms with E-state index in [-0.39, 0.29) is 5.69 Å². The summed E-state index contributed by atoms with van der Waals surface area (Å²) in [6.45, 7) is 0. The lowest BCUT2D eigenvalue weighted by Crippen LogP contribution is -1.93. The summed E-state index contributed by atoms with van der Waals surface area (Å²) in [6.07, 6.45) is 0. The minimum absolute atomic E-state index is 0.0737. The summed E-state index contributed by atoms with van der Waals surface area (Å²) >= 11 is 0. The third-order valence-electron chi connectivity index (χ3n) is 2.83. The molecule has 0 bridgehead atoms. The van der Waals surface area contributed by atoms with E-state index < -0.39 is 4.92 Å². The second kappa shape index (κ2) is 6.44. The van der Waals surface area contributed by atoms with E-state index in [1.54, 1.807) is 43.5 Å². The van der Waals surface area contributed by atoms with Crippen molar-refractivity contribution in [2.24, 2.45) is 0 Å². The highest BCUT2D eigenvalue weighted by atomic mass is 16.6. The first-order valence-corrected chi connectivity index (χ1v) is 6.12. The highest BCUT2D eigenvalue weighted by Crippen LogP contribution is 2.23. The predicted octanol–water partition coefficient (Wildman–Crippen LogP) is 3.01. The first kappa shape index (κ1) is 14.4. The van der Waals surface area contributed by atoms with Gasteiger partial charge < -0.3 is 9.47 Å². The molecule has 0 saturated carbocycles. The van der Waals surface area contributed by atoms with Gasteiger partial charge in [0.2, 0.25) is 0 Å². The van der Waals surface area contributed by atoms with Gasteiger partial charge in [0, 0.05) is 5.56 Å². The summed E-state index contributed by atoms with van der Waals surface area (Å²) in [5.74, 6) is 6.87. The minimum atomic E-state index is -0.472. The van der Waals surface area contributed by atoms with E-state index in [0.29, 0.717) is 11.3 Å². The van der Waals surface area contributed by atoms with E-state index in [1.807, 2.05) is 0 Å². The Bertz CT molecular complexity index is 711. The maximum absolute atomic E-state index is 11.1. The molecule has 0 amide bonds. The van der Waals surface area contributed by atoms with Gasteiger partial charge in [-0.25, -0.2) is 0 Å². The van der Waals surface area contributed by atoms with Gasteiger partial charge in [-0.05, 0) is 36.4 Å². The van der Waals surface area contributed by atoms with E-state index in [2.05, 4.69) is 11.8 Å². The second-order valence-corrected chi connectivity index (χ2v) is 4.12. The van der Waals surface area contributed by atoms with E-state index in [4.69, 9.17) is 9.47 Å². The number of nitro groups is 1. The number of ether oxygens (including phenoxy) is 2. The molecule has 21 heavy (non-hydrogen) atoms. The normalized spacial score (nSPS) is 9.43. The molecular weight excluding hydrogens is 270 g/mol. The summed E-state index contributed by atoms with van der Waals surface area (Å²) in [6, 6.07) is 11.7. The molecule has 0 radical (unpaired) electrons. The summed E-state index contributed by atoms with van der Waals surface area (Å²) in [7, 11) is 3.04. The van der Waals surface area contributed by atoms with Gasteiger partial charge in [0.15, 0.2) is 0 Å². The van der Waals surface area contributed by atoms with Crippen LogP contribution in [0.25, 0.3) is 0 Å². The van der Waals surface area contributed by atoms with Gasteiger partial charge >= 0.3 is 0 Å². The zero-order valence-corrected chi connectivity index (χ0v) is 11.6. The molecule has 2 rings (SSSR count). The van der Waals surface area contributed by atoms with E-state index >= 15 is 0 Å². The van der Waals surface area contributed by atoms with Crippen LogP contribution in [-0.4, -0.2) is 19.1 Å². The molecule has 0 aliphatic carbocycles. The van der Waals surface area contributed by atoms with Gasteiger partial charge in [0.25, 0.3) is 5.69 Å². The summed E-state index contributed by atoms with van der Waals surface area (Å²) in [5, 5.41) is 11.1. The van der Waals surface area contributed by atoms with Crippen LogP contribution in [0.5, 0.6) is 11.5 Å². The van der Waals surface area contributed by atoms with Gasteiger partial charge in [-0.1, -0.05) is 11.8 Å². The van der Waals surface area contributed by atoms with Crippen molar-refractivity contribution in [2.45, 2.75) is 0 Å². The topological polar surface area (TPSA) is 61.6 Å². The molecule has 0 fully saturated rings. The van der Waals surface area contributed by atoms with Crippen molar-refractivity contribution in [2.75, 3.05) is 14.2 Å². The molecule has 0 unspecified atom stereocenters. The van der Waals surface area contributed by atoms with Crippen LogP contribution in [-0.2, 0) is 0 Å². The fraction of sp³-hybridized carbons (Fsp3) is 0.125. The Morgan fingerprint density at radius 1 is 0.952 bits per heavy atom. The van der Waals surface area contributed by atoms with Gasteiger partial charge in [0.05, 0.1) is 25.2 Å². The quantitative estimate of drug-likeness (QED) is 0.493. The number of methoxy groups -OCH3 is 2. The van der Waals surface area contributed by atoms with Crippen LogP contribution in [0.1, 0.15) is 11.1 Å². The minimum Gasteiger partial charge on any atom is -0.497 e. The Balaban J connectivity index is 2.34. The number of hydrogen-bond donors (Lipinski definition) is 0. The zero-order chi connectivity index (χ0) is 15.2. The van der Waals surface area contributed by atoms with E-state index in [0.717, 1.165) is 11.3 Å².